The lowest BCUT2D eigenvalue weighted by molar-refractivity contribution is -0.136. The van der Waals surface area contributed by atoms with E-state index in [1.807, 2.05) is 40.1 Å². The van der Waals surface area contributed by atoms with Crippen LogP contribution >= 0.6 is 0 Å². The molecule has 0 saturated carbocycles. The third kappa shape index (κ3) is 3.91. The van der Waals surface area contributed by atoms with Gasteiger partial charge in [-0.3, -0.25) is 9.59 Å². The van der Waals surface area contributed by atoms with Crippen molar-refractivity contribution in [3.8, 4) is 0 Å². The van der Waals surface area contributed by atoms with Gasteiger partial charge >= 0.3 is 0 Å². The number of hydrogen-bond acceptors (Lipinski definition) is 3. The summed E-state index contributed by atoms with van der Waals surface area (Å²) >= 11 is 0. The number of hydrogen-bond donors (Lipinski definition) is 1. The molecule has 1 atom stereocenters. The molecule has 0 aliphatic carbocycles. The minimum atomic E-state index is -0.0467. The smallest absolute Gasteiger partial charge is 0.253 e. The molecule has 3 rings (SSSR count). The third-order valence-electron chi connectivity index (χ3n) is 4.73. The molecule has 0 radical (unpaired) electrons. The van der Waals surface area contributed by atoms with Gasteiger partial charge in [-0.05, 0) is 37.9 Å². The number of piperidine rings is 1. The molecule has 23 heavy (non-hydrogen) atoms. The maximum atomic E-state index is 12.8. The van der Waals surface area contributed by atoms with Gasteiger partial charge in [0.15, 0.2) is 0 Å². The Morgan fingerprint density at radius 1 is 0.957 bits per heavy atom. The van der Waals surface area contributed by atoms with E-state index >= 15 is 0 Å². The van der Waals surface area contributed by atoms with E-state index in [-0.39, 0.29) is 17.7 Å². The SMILES string of the molecule is O=C(c1ccccc1)N1CCCC(C(=O)N2CCCNCC2)C1. The first-order chi connectivity index (χ1) is 11.3. The van der Waals surface area contributed by atoms with Gasteiger partial charge in [-0.25, -0.2) is 0 Å². The van der Waals surface area contributed by atoms with Gasteiger partial charge in [0, 0.05) is 38.3 Å². The standard InChI is InChI=1S/C18H25N3O2/c22-17(15-6-2-1-3-7-15)21-11-4-8-16(14-21)18(23)20-12-5-9-19-10-13-20/h1-3,6-7,16,19H,4-5,8-14H2. The zero-order chi connectivity index (χ0) is 16.1. The number of rotatable bonds is 2. The molecule has 2 amide bonds. The largest absolute Gasteiger partial charge is 0.341 e. The maximum absolute atomic E-state index is 12.8. The molecule has 124 valence electrons. The summed E-state index contributed by atoms with van der Waals surface area (Å²) in [5.41, 5.74) is 0.708. The van der Waals surface area contributed by atoms with Crippen LogP contribution in [-0.2, 0) is 4.79 Å². The summed E-state index contributed by atoms with van der Waals surface area (Å²) in [7, 11) is 0. The van der Waals surface area contributed by atoms with Gasteiger partial charge in [-0.2, -0.15) is 0 Å². The fourth-order valence-electron chi connectivity index (χ4n) is 3.45. The Bertz CT molecular complexity index is 538. The monoisotopic (exact) mass is 315 g/mol. The Balaban J connectivity index is 1.63. The summed E-state index contributed by atoms with van der Waals surface area (Å²) in [6.45, 7) is 4.75. The van der Waals surface area contributed by atoms with Crippen LogP contribution in [0.3, 0.4) is 0 Å². The van der Waals surface area contributed by atoms with E-state index in [1.165, 1.54) is 0 Å². The summed E-state index contributed by atoms with van der Waals surface area (Å²) < 4.78 is 0. The van der Waals surface area contributed by atoms with E-state index in [9.17, 15) is 9.59 Å². The van der Waals surface area contributed by atoms with Gasteiger partial charge in [-0.15, -0.1) is 0 Å². The van der Waals surface area contributed by atoms with Crippen molar-refractivity contribution in [3.05, 3.63) is 35.9 Å². The highest BCUT2D eigenvalue weighted by Crippen LogP contribution is 2.21. The molecule has 1 unspecified atom stereocenters. The van der Waals surface area contributed by atoms with Crippen LogP contribution in [0.25, 0.3) is 0 Å². The highest BCUT2D eigenvalue weighted by Gasteiger charge is 2.31. The normalized spacial score (nSPS) is 22.5. The Morgan fingerprint density at radius 3 is 2.57 bits per heavy atom. The van der Waals surface area contributed by atoms with Crippen molar-refractivity contribution in [1.29, 1.82) is 0 Å². The summed E-state index contributed by atoms with van der Waals surface area (Å²) in [4.78, 5) is 29.2. The summed E-state index contributed by atoms with van der Waals surface area (Å²) in [6, 6.07) is 9.35. The molecule has 2 fully saturated rings. The summed E-state index contributed by atoms with van der Waals surface area (Å²) in [5, 5.41) is 3.33. The molecular weight excluding hydrogens is 290 g/mol. The summed E-state index contributed by atoms with van der Waals surface area (Å²) in [5.74, 6) is 0.217. The first kappa shape index (κ1) is 16.0. The molecule has 0 aromatic heterocycles. The van der Waals surface area contributed by atoms with E-state index in [2.05, 4.69) is 5.32 Å². The van der Waals surface area contributed by atoms with Crippen molar-refractivity contribution in [2.75, 3.05) is 39.3 Å². The van der Waals surface area contributed by atoms with Crippen molar-refractivity contribution in [2.24, 2.45) is 5.92 Å². The van der Waals surface area contributed by atoms with Crippen LogP contribution in [0.15, 0.2) is 30.3 Å². The van der Waals surface area contributed by atoms with E-state index < -0.39 is 0 Å². The van der Waals surface area contributed by atoms with E-state index in [1.54, 1.807) is 0 Å². The summed E-state index contributed by atoms with van der Waals surface area (Å²) in [6.07, 6.45) is 2.80. The second-order valence-electron chi connectivity index (χ2n) is 6.39. The lowest BCUT2D eigenvalue weighted by atomic mass is 9.95. The topological polar surface area (TPSA) is 52.7 Å². The predicted molar refractivity (Wildman–Crippen MR) is 89.1 cm³/mol. The van der Waals surface area contributed by atoms with Gasteiger partial charge in [0.1, 0.15) is 0 Å². The van der Waals surface area contributed by atoms with Crippen molar-refractivity contribution in [1.82, 2.24) is 15.1 Å². The number of carbonyl (C=O) groups excluding carboxylic acids is 2. The quantitative estimate of drug-likeness (QED) is 0.896. The van der Waals surface area contributed by atoms with Crippen molar-refractivity contribution >= 4 is 11.8 Å². The number of carbonyl (C=O) groups is 2. The second kappa shape index (κ2) is 7.59. The molecule has 1 aromatic rings. The zero-order valence-corrected chi connectivity index (χ0v) is 13.5. The third-order valence-corrected chi connectivity index (χ3v) is 4.73. The highest BCUT2D eigenvalue weighted by molar-refractivity contribution is 5.94. The van der Waals surface area contributed by atoms with Gasteiger partial charge in [0.25, 0.3) is 5.91 Å². The van der Waals surface area contributed by atoms with Crippen LogP contribution < -0.4 is 5.32 Å². The Hall–Kier alpha value is -1.88. The molecule has 2 heterocycles. The van der Waals surface area contributed by atoms with Crippen molar-refractivity contribution in [3.63, 3.8) is 0 Å². The molecule has 5 nitrogen and oxygen atoms in total. The average Bonchev–Trinajstić information content (AvgIpc) is 2.91. The van der Waals surface area contributed by atoms with Gasteiger partial charge in [0.05, 0.1) is 5.92 Å². The van der Waals surface area contributed by atoms with Crippen LogP contribution in [0.1, 0.15) is 29.6 Å². The Kier molecular flexibility index (Phi) is 5.28. The number of likely N-dealkylation sites (tertiary alicyclic amines) is 1. The number of nitrogens with one attached hydrogen (secondary N) is 1. The van der Waals surface area contributed by atoms with Gasteiger partial charge in [0.2, 0.25) is 5.91 Å². The zero-order valence-electron chi connectivity index (χ0n) is 13.5. The van der Waals surface area contributed by atoms with Gasteiger partial charge in [-0.1, -0.05) is 18.2 Å². The van der Waals surface area contributed by atoms with Gasteiger partial charge < -0.3 is 15.1 Å². The number of nitrogens with zero attached hydrogens (tertiary/aromatic N) is 2. The predicted octanol–water partition coefficient (Wildman–Crippen LogP) is 1.36. The van der Waals surface area contributed by atoms with Crippen LogP contribution in [0.5, 0.6) is 0 Å². The average molecular weight is 315 g/mol. The van der Waals surface area contributed by atoms with Crippen LogP contribution in [0.4, 0.5) is 0 Å². The molecule has 2 saturated heterocycles. The van der Waals surface area contributed by atoms with Crippen LogP contribution in [0, 0.1) is 5.92 Å². The van der Waals surface area contributed by atoms with Crippen LogP contribution in [0.2, 0.25) is 0 Å². The number of amides is 2. The van der Waals surface area contributed by atoms with Crippen molar-refractivity contribution in [2.45, 2.75) is 19.3 Å². The van der Waals surface area contributed by atoms with E-state index in [4.69, 9.17) is 0 Å². The lowest BCUT2D eigenvalue weighted by Crippen LogP contribution is -2.47. The molecule has 2 aliphatic rings. The maximum Gasteiger partial charge on any atom is 0.253 e. The van der Waals surface area contributed by atoms with Crippen molar-refractivity contribution < 1.29 is 9.59 Å². The Morgan fingerprint density at radius 2 is 1.74 bits per heavy atom. The fraction of sp³-hybridized carbons (Fsp3) is 0.556. The minimum Gasteiger partial charge on any atom is -0.341 e. The molecule has 1 aromatic carbocycles. The molecule has 0 bridgehead atoms. The molecule has 0 spiro atoms. The lowest BCUT2D eigenvalue weighted by Gasteiger charge is -2.34. The fourth-order valence-corrected chi connectivity index (χ4v) is 3.45. The molecular formula is C18H25N3O2. The van der Waals surface area contributed by atoms with E-state index in [0.29, 0.717) is 12.1 Å². The first-order valence-electron chi connectivity index (χ1n) is 8.59. The second-order valence-corrected chi connectivity index (χ2v) is 6.39. The van der Waals surface area contributed by atoms with Crippen LogP contribution in [-0.4, -0.2) is 60.9 Å². The molecule has 2 aliphatic heterocycles. The molecule has 5 heteroatoms. The Labute approximate surface area is 137 Å². The number of benzene rings is 1. The molecule has 1 N–H and O–H groups in total. The minimum absolute atomic E-state index is 0.0423. The van der Waals surface area contributed by atoms with E-state index in [0.717, 1.165) is 52.0 Å². The highest BCUT2D eigenvalue weighted by atomic mass is 16.2. The first-order valence-corrected chi connectivity index (χ1v) is 8.59.